The summed E-state index contributed by atoms with van der Waals surface area (Å²) in [4.78, 5) is 14.5. The van der Waals surface area contributed by atoms with Gasteiger partial charge in [0, 0.05) is 31.4 Å². The smallest absolute Gasteiger partial charge is 0.224 e. The predicted octanol–water partition coefficient (Wildman–Crippen LogP) is 1.55. The van der Waals surface area contributed by atoms with Gasteiger partial charge in [0.05, 0.1) is 5.92 Å². The second kappa shape index (κ2) is 6.48. The summed E-state index contributed by atoms with van der Waals surface area (Å²) in [6.45, 7) is 5.76. The standard InChI is InChI=1S/C17H25N3O/c1-13-11-14-5-2-3-7-16(14)20(13)10-9-19-17(21)15-6-4-8-18-12-15/h2-3,5,7,13,15,18H,4,6,8-12H2,1H3,(H,19,21). The topological polar surface area (TPSA) is 44.4 Å². The van der Waals surface area contributed by atoms with Crippen molar-refractivity contribution < 1.29 is 4.79 Å². The predicted molar refractivity (Wildman–Crippen MR) is 85.6 cm³/mol. The van der Waals surface area contributed by atoms with Crippen molar-refractivity contribution in [3.63, 3.8) is 0 Å². The molecule has 1 amide bonds. The van der Waals surface area contributed by atoms with E-state index in [1.165, 1.54) is 11.3 Å². The summed E-state index contributed by atoms with van der Waals surface area (Å²) in [6, 6.07) is 9.11. The van der Waals surface area contributed by atoms with E-state index in [2.05, 4.69) is 46.7 Å². The average molecular weight is 287 g/mol. The molecule has 2 N–H and O–H groups in total. The highest BCUT2D eigenvalue weighted by Gasteiger charge is 2.25. The summed E-state index contributed by atoms with van der Waals surface area (Å²) < 4.78 is 0. The van der Waals surface area contributed by atoms with Gasteiger partial charge in [-0.3, -0.25) is 4.79 Å². The SMILES string of the molecule is CC1Cc2ccccc2N1CCNC(=O)C1CCCNC1. The van der Waals surface area contributed by atoms with Crippen LogP contribution in [-0.4, -0.2) is 38.1 Å². The summed E-state index contributed by atoms with van der Waals surface area (Å²) in [5.74, 6) is 0.365. The Hall–Kier alpha value is -1.55. The van der Waals surface area contributed by atoms with Crippen molar-refractivity contribution >= 4 is 11.6 Å². The van der Waals surface area contributed by atoms with Gasteiger partial charge in [0.15, 0.2) is 0 Å². The van der Waals surface area contributed by atoms with E-state index in [4.69, 9.17) is 0 Å². The number of nitrogens with one attached hydrogen (secondary N) is 2. The van der Waals surface area contributed by atoms with E-state index >= 15 is 0 Å². The fourth-order valence-corrected chi connectivity index (χ4v) is 3.49. The number of nitrogens with zero attached hydrogens (tertiary/aromatic N) is 1. The Morgan fingerprint density at radius 2 is 2.29 bits per heavy atom. The average Bonchev–Trinajstić information content (AvgIpc) is 2.84. The highest BCUT2D eigenvalue weighted by Crippen LogP contribution is 2.31. The van der Waals surface area contributed by atoms with Crippen LogP contribution in [0.1, 0.15) is 25.3 Å². The van der Waals surface area contributed by atoms with Gasteiger partial charge in [-0.25, -0.2) is 0 Å². The minimum Gasteiger partial charge on any atom is -0.367 e. The summed E-state index contributed by atoms with van der Waals surface area (Å²) in [6.07, 6.45) is 3.23. The minimum absolute atomic E-state index is 0.155. The molecule has 1 saturated heterocycles. The number of amides is 1. The van der Waals surface area contributed by atoms with Crippen molar-refractivity contribution in [2.45, 2.75) is 32.2 Å². The molecule has 0 saturated carbocycles. The van der Waals surface area contributed by atoms with Gasteiger partial charge in [0.1, 0.15) is 0 Å². The van der Waals surface area contributed by atoms with Crippen molar-refractivity contribution in [3.8, 4) is 0 Å². The number of benzene rings is 1. The van der Waals surface area contributed by atoms with E-state index in [1.54, 1.807) is 0 Å². The molecule has 0 spiro atoms. The van der Waals surface area contributed by atoms with Crippen molar-refractivity contribution in [2.75, 3.05) is 31.1 Å². The van der Waals surface area contributed by atoms with Crippen LogP contribution in [0.3, 0.4) is 0 Å². The molecule has 0 radical (unpaired) electrons. The summed E-state index contributed by atoms with van der Waals surface area (Å²) in [5, 5.41) is 6.41. The Morgan fingerprint density at radius 1 is 1.43 bits per heavy atom. The van der Waals surface area contributed by atoms with Gasteiger partial charge in [-0.1, -0.05) is 18.2 Å². The van der Waals surface area contributed by atoms with E-state index < -0.39 is 0 Å². The number of hydrogen-bond donors (Lipinski definition) is 2. The van der Waals surface area contributed by atoms with E-state index in [-0.39, 0.29) is 11.8 Å². The normalized spacial score (nSPS) is 24.7. The Bertz CT molecular complexity index is 497. The second-order valence-electron chi connectivity index (χ2n) is 6.21. The third-order valence-electron chi connectivity index (χ3n) is 4.67. The lowest BCUT2D eigenvalue weighted by Gasteiger charge is -2.26. The zero-order valence-corrected chi connectivity index (χ0v) is 12.8. The third kappa shape index (κ3) is 3.21. The Labute approximate surface area is 126 Å². The molecule has 2 aliphatic heterocycles. The quantitative estimate of drug-likeness (QED) is 0.883. The molecular weight excluding hydrogens is 262 g/mol. The molecule has 1 aromatic carbocycles. The number of hydrogen-bond acceptors (Lipinski definition) is 3. The number of rotatable bonds is 4. The molecule has 21 heavy (non-hydrogen) atoms. The Kier molecular flexibility index (Phi) is 4.44. The van der Waals surface area contributed by atoms with Crippen LogP contribution in [0.2, 0.25) is 0 Å². The van der Waals surface area contributed by atoms with E-state index in [9.17, 15) is 4.79 Å². The summed E-state index contributed by atoms with van der Waals surface area (Å²) in [5.41, 5.74) is 2.76. The van der Waals surface area contributed by atoms with Crippen LogP contribution in [0.5, 0.6) is 0 Å². The summed E-state index contributed by atoms with van der Waals surface area (Å²) >= 11 is 0. The molecule has 2 unspecified atom stereocenters. The fraction of sp³-hybridized carbons (Fsp3) is 0.588. The highest BCUT2D eigenvalue weighted by molar-refractivity contribution is 5.79. The van der Waals surface area contributed by atoms with Crippen LogP contribution in [-0.2, 0) is 11.2 Å². The van der Waals surface area contributed by atoms with Gasteiger partial charge in [0.25, 0.3) is 0 Å². The number of para-hydroxylation sites is 1. The van der Waals surface area contributed by atoms with Crippen LogP contribution >= 0.6 is 0 Å². The number of piperidine rings is 1. The second-order valence-corrected chi connectivity index (χ2v) is 6.21. The molecular formula is C17H25N3O. The Balaban J connectivity index is 1.50. The molecule has 0 aliphatic carbocycles. The first-order valence-electron chi connectivity index (χ1n) is 8.08. The maximum absolute atomic E-state index is 12.1. The first-order valence-corrected chi connectivity index (χ1v) is 8.08. The lowest BCUT2D eigenvalue weighted by atomic mass is 9.99. The number of carbonyl (C=O) groups is 1. The first-order chi connectivity index (χ1) is 10.3. The van der Waals surface area contributed by atoms with Crippen molar-refractivity contribution in [1.29, 1.82) is 0 Å². The van der Waals surface area contributed by atoms with Crippen molar-refractivity contribution in [1.82, 2.24) is 10.6 Å². The van der Waals surface area contributed by atoms with Crippen molar-refractivity contribution in [3.05, 3.63) is 29.8 Å². The maximum Gasteiger partial charge on any atom is 0.224 e. The zero-order chi connectivity index (χ0) is 14.7. The fourth-order valence-electron chi connectivity index (χ4n) is 3.49. The van der Waals surface area contributed by atoms with Crippen molar-refractivity contribution in [2.24, 2.45) is 5.92 Å². The van der Waals surface area contributed by atoms with Crippen LogP contribution in [0.4, 0.5) is 5.69 Å². The van der Waals surface area contributed by atoms with E-state index in [1.807, 2.05) is 0 Å². The zero-order valence-electron chi connectivity index (χ0n) is 12.8. The first kappa shape index (κ1) is 14.4. The monoisotopic (exact) mass is 287 g/mol. The molecule has 3 rings (SSSR count). The van der Waals surface area contributed by atoms with Crippen LogP contribution in [0.25, 0.3) is 0 Å². The molecule has 1 fully saturated rings. The lowest BCUT2D eigenvalue weighted by molar-refractivity contribution is -0.125. The van der Waals surface area contributed by atoms with Crippen LogP contribution < -0.4 is 15.5 Å². The molecule has 4 heteroatoms. The van der Waals surface area contributed by atoms with Crippen LogP contribution in [0.15, 0.2) is 24.3 Å². The number of anilines is 1. The minimum atomic E-state index is 0.155. The van der Waals surface area contributed by atoms with Gasteiger partial charge in [-0.05, 0) is 44.4 Å². The van der Waals surface area contributed by atoms with Gasteiger partial charge >= 0.3 is 0 Å². The largest absolute Gasteiger partial charge is 0.367 e. The molecule has 2 aliphatic rings. The number of fused-ring (bicyclic) bond motifs is 1. The Morgan fingerprint density at radius 3 is 3.10 bits per heavy atom. The molecule has 0 bridgehead atoms. The van der Waals surface area contributed by atoms with Gasteiger partial charge in [-0.15, -0.1) is 0 Å². The molecule has 2 heterocycles. The van der Waals surface area contributed by atoms with Gasteiger partial charge in [0.2, 0.25) is 5.91 Å². The van der Waals surface area contributed by atoms with Gasteiger partial charge < -0.3 is 15.5 Å². The molecule has 0 aromatic heterocycles. The van der Waals surface area contributed by atoms with Crippen LogP contribution in [0, 0.1) is 5.92 Å². The maximum atomic E-state index is 12.1. The molecule has 2 atom stereocenters. The highest BCUT2D eigenvalue weighted by atomic mass is 16.1. The molecule has 114 valence electrons. The lowest BCUT2D eigenvalue weighted by Crippen LogP contribution is -2.43. The number of carbonyl (C=O) groups excluding carboxylic acids is 1. The van der Waals surface area contributed by atoms with E-state index in [0.717, 1.165) is 45.4 Å². The van der Waals surface area contributed by atoms with E-state index in [0.29, 0.717) is 6.04 Å². The molecule has 4 nitrogen and oxygen atoms in total. The van der Waals surface area contributed by atoms with Gasteiger partial charge in [-0.2, -0.15) is 0 Å². The summed E-state index contributed by atoms with van der Waals surface area (Å²) in [7, 11) is 0. The third-order valence-corrected chi connectivity index (χ3v) is 4.67. The molecule has 1 aromatic rings.